The molecule has 0 saturated carbocycles. The lowest BCUT2D eigenvalue weighted by molar-refractivity contribution is 0.325. The van der Waals surface area contributed by atoms with Gasteiger partial charge in [0, 0.05) is 10.0 Å². The molecule has 1 aliphatic heterocycles. The van der Waals surface area contributed by atoms with Crippen LogP contribution in [0.1, 0.15) is 11.6 Å². The molecule has 0 radical (unpaired) electrons. The van der Waals surface area contributed by atoms with Crippen molar-refractivity contribution in [2.45, 2.75) is 10.3 Å². The van der Waals surface area contributed by atoms with Crippen molar-refractivity contribution in [2.75, 3.05) is 6.61 Å². The number of hydrogen-bond donors (Lipinski definition) is 1. The van der Waals surface area contributed by atoms with E-state index >= 15 is 0 Å². The average molecular weight is 360 g/mol. The van der Waals surface area contributed by atoms with Crippen molar-refractivity contribution in [3.8, 4) is 5.75 Å². The maximum absolute atomic E-state index is 12.3. The maximum Gasteiger partial charge on any atom is 0.251 e. The minimum atomic E-state index is -3.53. The molecule has 0 amide bonds. The number of benzene rings is 1. The molecule has 1 atom stereocenters. The molecule has 0 spiro atoms. The molecule has 1 aromatic carbocycles. The highest BCUT2D eigenvalue weighted by Crippen LogP contribution is 2.34. The van der Waals surface area contributed by atoms with Gasteiger partial charge < -0.3 is 4.74 Å². The Labute approximate surface area is 123 Å². The number of para-hydroxylation sites is 1. The number of hydrogen-bond acceptors (Lipinski definition) is 4. The van der Waals surface area contributed by atoms with Gasteiger partial charge in [0.15, 0.2) is 0 Å². The fraction of sp³-hybridized carbons (Fsp3) is 0.167. The van der Waals surface area contributed by atoms with Gasteiger partial charge in [-0.1, -0.05) is 18.2 Å². The van der Waals surface area contributed by atoms with E-state index in [1.807, 2.05) is 24.3 Å². The third-order valence-corrected chi connectivity index (χ3v) is 6.97. The molecule has 0 bridgehead atoms. The van der Waals surface area contributed by atoms with Crippen LogP contribution in [-0.4, -0.2) is 15.0 Å². The van der Waals surface area contributed by atoms with E-state index in [4.69, 9.17) is 4.74 Å². The summed E-state index contributed by atoms with van der Waals surface area (Å²) in [5, 5.41) is 1.73. The summed E-state index contributed by atoms with van der Waals surface area (Å²) in [6.07, 6.45) is 0. The van der Waals surface area contributed by atoms with Crippen molar-refractivity contribution in [2.24, 2.45) is 0 Å². The van der Waals surface area contributed by atoms with Gasteiger partial charge >= 0.3 is 0 Å². The lowest BCUT2D eigenvalue weighted by atomic mass is 10.1. The monoisotopic (exact) mass is 359 g/mol. The Bertz CT molecular complexity index is 711. The first-order valence-electron chi connectivity index (χ1n) is 5.55. The Morgan fingerprint density at radius 3 is 2.84 bits per heavy atom. The molecule has 2 heterocycles. The highest BCUT2D eigenvalue weighted by molar-refractivity contribution is 9.10. The number of nitrogens with one attached hydrogen (secondary N) is 1. The van der Waals surface area contributed by atoms with Crippen LogP contribution >= 0.6 is 27.3 Å². The van der Waals surface area contributed by atoms with Gasteiger partial charge in [-0.05, 0) is 33.4 Å². The highest BCUT2D eigenvalue weighted by atomic mass is 79.9. The van der Waals surface area contributed by atoms with E-state index in [-0.39, 0.29) is 10.3 Å². The summed E-state index contributed by atoms with van der Waals surface area (Å²) in [5.41, 5.74) is 0.874. The van der Waals surface area contributed by atoms with Gasteiger partial charge in [-0.25, -0.2) is 8.42 Å². The smallest absolute Gasteiger partial charge is 0.251 e. The van der Waals surface area contributed by atoms with Gasteiger partial charge in [0.1, 0.15) is 16.6 Å². The molecule has 1 unspecified atom stereocenters. The number of rotatable bonds is 3. The Kier molecular flexibility index (Phi) is 3.38. The molecule has 3 rings (SSSR count). The fourth-order valence-corrected chi connectivity index (χ4v) is 5.53. The SMILES string of the molecule is O=S(=O)(NC1COc2ccccc21)c1sccc1Br. The van der Waals surface area contributed by atoms with Crippen molar-refractivity contribution >= 4 is 37.3 Å². The van der Waals surface area contributed by atoms with Crippen molar-refractivity contribution in [3.63, 3.8) is 0 Å². The van der Waals surface area contributed by atoms with Crippen molar-refractivity contribution < 1.29 is 13.2 Å². The summed E-state index contributed by atoms with van der Waals surface area (Å²) in [5.74, 6) is 0.737. The molecule has 2 aromatic rings. The first-order chi connectivity index (χ1) is 9.08. The van der Waals surface area contributed by atoms with E-state index in [9.17, 15) is 8.42 Å². The predicted octanol–water partition coefficient (Wildman–Crippen LogP) is 2.92. The van der Waals surface area contributed by atoms with E-state index in [1.54, 1.807) is 11.4 Å². The first kappa shape index (κ1) is 13.1. The van der Waals surface area contributed by atoms with Gasteiger partial charge in [0.2, 0.25) is 0 Å². The average Bonchev–Trinajstić information content (AvgIpc) is 2.97. The molecule has 1 N–H and O–H groups in total. The van der Waals surface area contributed by atoms with Crippen LogP contribution in [0.15, 0.2) is 44.4 Å². The summed E-state index contributed by atoms with van der Waals surface area (Å²) in [6.45, 7) is 0.321. The van der Waals surface area contributed by atoms with Crippen LogP contribution in [0.2, 0.25) is 0 Å². The number of thiophene rings is 1. The van der Waals surface area contributed by atoms with Crippen molar-refractivity contribution in [1.82, 2.24) is 4.72 Å². The number of halogens is 1. The van der Waals surface area contributed by atoms with Crippen LogP contribution in [0.4, 0.5) is 0 Å². The molecule has 0 fully saturated rings. The zero-order chi connectivity index (χ0) is 13.5. The Morgan fingerprint density at radius 1 is 1.32 bits per heavy atom. The van der Waals surface area contributed by atoms with Crippen molar-refractivity contribution in [3.05, 3.63) is 45.7 Å². The van der Waals surface area contributed by atoms with Crippen LogP contribution in [0.3, 0.4) is 0 Å². The van der Waals surface area contributed by atoms with Crippen LogP contribution in [0, 0.1) is 0 Å². The predicted molar refractivity (Wildman–Crippen MR) is 77.0 cm³/mol. The molecule has 0 saturated heterocycles. The second-order valence-electron chi connectivity index (χ2n) is 4.08. The molecule has 4 nitrogen and oxygen atoms in total. The lowest BCUT2D eigenvalue weighted by Gasteiger charge is -2.11. The number of sulfonamides is 1. The molecule has 0 aliphatic carbocycles. The normalized spacial score (nSPS) is 18.1. The molecular weight excluding hydrogens is 350 g/mol. The summed E-state index contributed by atoms with van der Waals surface area (Å²) < 4.78 is 33.6. The topological polar surface area (TPSA) is 55.4 Å². The van der Waals surface area contributed by atoms with Gasteiger partial charge in [0.05, 0.1) is 6.04 Å². The summed E-state index contributed by atoms with van der Waals surface area (Å²) in [6, 6.07) is 8.83. The molecule has 1 aromatic heterocycles. The minimum absolute atomic E-state index is 0.289. The summed E-state index contributed by atoms with van der Waals surface area (Å²) in [4.78, 5) is 0. The molecule has 7 heteroatoms. The minimum Gasteiger partial charge on any atom is -0.491 e. The number of ether oxygens (including phenoxy) is 1. The van der Waals surface area contributed by atoms with E-state index in [0.717, 1.165) is 11.3 Å². The van der Waals surface area contributed by atoms with Crippen LogP contribution in [0.5, 0.6) is 5.75 Å². The molecule has 1 aliphatic rings. The Hall–Kier alpha value is -0.890. The van der Waals surface area contributed by atoms with Gasteiger partial charge in [-0.3, -0.25) is 0 Å². The summed E-state index contributed by atoms with van der Waals surface area (Å²) in [7, 11) is -3.53. The van der Waals surface area contributed by atoms with Gasteiger partial charge in [0.25, 0.3) is 10.0 Å². The second kappa shape index (κ2) is 4.90. The third kappa shape index (κ3) is 2.43. The molecule has 19 heavy (non-hydrogen) atoms. The van der Waals surface area contributed by atoms with Crippen LogP contribution < -0.4 is 9.46 Å². The maximum atomic E-state index is 12.3. The zero-order valence-electron chi connectivity index (χ0n) is 9.67. The molecule has 100 valence electrons. The fourth-order valence-electron chi connectivity index (χ4n) is 1.97. The standard InChI is InChI=1S/C12H10BrNO3S2/c13-9-5-6-18-12(9)19(15,16)14-10-7-17-11-4-2-1-3-8(10)11/h1-6,10,14H,7H2. The largest absolute Gasteiger partial charge is 0.491 e. The first-order valence-corrected chi connectivity index (χ1v) is 8.70. The number of fused-ring (bicyclic) bond motifs is 1. The Morgan fingerprint density at radius 2 is 2.11 bits per heavy atom. The summed E-state index contributed by atoms with van der Waals surface area (Å²) >= 11 is 4.43. The zero-order valence-corrected chi connectivity index (χ0v) is 12.9. The van der Waals surface area contributed by atoms with Crippen LogP contribution in [-0.2, 0) is 10.0 Å². The van der Waals surface area contributed by atoms with Crippen LogP contribution in [0.25, 0.3) is 0 Å². The quantitative estimate of drug-likeness (QED) is 0.916. The van der Waals surface area contributed by atoms with Crippen molar-refractivity contribution in [1.29, 1.82) is 0 Å². The van der Waals surface area contributed by atoms with E-state index in [0.29, 0.717) is 11.1 Å². The van der Waals surface area contributed by atoms with E-state index in [1.165, 1.54) is 11.3 Å². The third-order valence-electron chi connectivity index (χ3n) is 2.83. The highest BCUT2D eigenvalue weighted by Gasteiger charge is 2.30. The van der Waals surface area contributed by atoms with E-state index in [2.05, 4.69) is 20.7 Å². The van der Waals surface area contributed by atoms with E-state index < -0.39 is 10.0 Å². The molecular formula is C12H10BrNO3S2. The lowest BCUT2D eigenvalue weighted by Crippen LogP contribution is -2.29. The second-order valence-corrected chi connectivity index (χ2v) is 7.76. The van der Waals surface area contributed by atoms with Gasteiger partial charge in [-0.15, -0.1) is 11.3 Å². The Balaban J connectivity index is 1.90. The van der Waals surface area contributed by atoms with Gasteiger partial charge in [-0.2, -0.15) is 4.72 Å².